The summed E-state index contributed by atoms with van der Waals surface area (Å²) in [7, 11) is 0. The molecule has 5 heteroatoms. The van der Waals surface area contributed by atoms with Crippen LogP contribution in [0.15, 0.2) is 29.4 Å². The van der Waals surface area contributed by atoms with Crippen LogP contribution in [0.4, 0.5) is 0 Å². The van der Waals surface area contributed by atoms with E-state index in [0.717, 1.165) is 35.6 Å². The highest BCUT2D eigenvalue weighted by Gasteiger charge is 2.21. The molecule has 0 amide bonds. The molecule has 0 saturated carbocycles. The predicted octanol–water partition coefficient (Wildman–Crippen LogP) is 3.59. The van der Waals surface area contributed by atoms with Crippen LogP contribution in [0.1, 0.15) is 33.3 Å². The molecule has 112 valence electrons. The smallest absolute Gasteiger partial charge is 0.193 e. The van der Waals surface area contributed by atoms with Crippen molar-refractivity contribution in [2.45, 2.75) is 44.9 Å². The standard InChI is InChI=1S/C16H22N4S/c1-5-19-10-20-14(17-18-15(20)21-11-19)12-6-8-13(9-7-12)16(2,3)4/h6-9H,5,10-11H2,1-4H3. The summed E-state index contributed by atoms with van der Waals surface area (Å²) in [5.74, 6) is 1.97. The van der Waals surface area contributed by atoms with Crippen LogP contribution >= 0.6 is 11.8 Å². The Labute approximate surface area is 130 Å². The maximum Gasteiger partial charge on any atom is 0.193 e. The van der Waals surface area contributed by atoms with Crippen LogP contribution < -0.4 is 0 Å². The molecule has 0 bridgehead atoms. The van der Waals surface area contributed by atoms with Gasteiger partial charge in [-0.05, 0) is 17.5 Å². The first kappa shape index (κ1) is 14.6. The van der Waals surface area contributed by atoms with Crippen LogP contribution in [-0.2, 0) is 12.1 Å². The van der Waals surface area contributed by atoms with Crippen molar-refractivity contribution in [1.82, 2.24) is 19.7 Å². The van der Waals surface area contributed by atoms with E-state index < -0.39 is 0 Å². The van der Waals surface area contributed by atoms with Gasteiger partial charge >= 0.3 is 0 Å². The van der Waals surface area contributed by atoms with Gasteiger partial charge in [0.25, 0.3) is 0 Å². The molecule has 0 atom stereocenters. The van der Waals surface area contributed by atoms with Crippen LogP contribution in [0.2, 0.25) is 0 Å². The van der Waals surface area contributed by atoms with E-state index in [4.69, 9.17) is 0 Å². The fourth-order valence-electron chi connectivity index (χ4n) is 2.44. The normalized spacial score (nSPS) is 16.0. The molecule has 0 spiro atoms. The molecular weight excluding hydrogens is 280 g/mol. The summed E-state index contributed by atoms with van der Waals surface area (Å²) in [6, 6.07) is 8.72. The second-order valence-electron chi connectivity index (χ2n) is 6.46. The number of hydrogen-bond donors (Lipinski definition) is 0. The highest BCUT2D eigenvalue weighted by molar-refractivity contribution is 7.99. The molecule has 2 aromatic rings. The minimum Gasteiger partial charge on any atom is -0.288 e. The van der Waals surface area contributed by atoms with E-state index in [1.165, 1.54) is 5.56 Å². The van der Waals surface area contributed by atoms with E-state index in [1.807, 2.05) is 0 Å². The fourth-order valence-corrected chi connectivity index (χ4v) is 3.40. The summed E-state index contributed by atoms with van der Waals surface area (Å²) in [6.07, 6.45) is 0. The van der Waals surface area contributed by atoms with Gasteiger partial charge in [-0.2, -0.15) is 0 Å². The fraction of sp³-hybridized carbons (Fsp3) is 0.500. The molecule has 4 nitrogen and oxygen atoms in total. The van der Waals surface area contributed by atoms with Gasteiger partial charge in [-0.3, -0.25) is 9.47 Å². The number of rotatable bonds is 2. The van der Waals surface area contributed by atoms with Crippen molar-refractivity contribution in [3.63, 3.8) is 0 Å². The Morgan fingerprint density at radius 2 is 1.86 bits per heavy atom. The summed E-state index contributed by atoms with van der Waals surface area (Å²) < 4.78 is 2.21. The third-order valence-electron chi connectivity index (χ3n) is 3.89. The maximum absolute atomic E-state index is 4.39. The molecule has 1 aromatic carbocycles. The number of thioether (sulfide) groups is 1. The van der Waals surface area contributed by atoms with Crippen LogP contribution in [-0.4, -0.2) is 32.1 Å². The predicted molar refractivity (Wildman–Crippen MR) is 87.3 cm³/mol. The Kier molecular flexibility index (Phi) is 3.80. The Balaban J connectivity index is 1.93. The molecule has 0 N–H and O–H groups in total. The van der Waals surface area contributed by atoms with Gasteiger partial charge in [-0.15, -0.1) is 10.2 Å². The number of aromatic nitrogens is 3. The van der Waals surface area contributed by atoms with Crippen LogP contribution in [0.3, 0.4) is 0 Å². The van der Waals surface area contributed by atoms with Gasteiger partial charge in [-0.1, -0.05) is 63.7 Å². The SMILES string of the molecule is CCN1CSc2nnc(-c3ccc(C(C)(C)C)cc3)n2C1. The second kappa shape index (κ2) is 5.46. The molecule has 0 saturated heterocycles. The number of fused-ring (bicyclic) bond motifs is 1. The minimum absolute atomic E-state index is 0.178. The van der Waals surface area contributed by atoms with Gasteiger partial charge in [0.05, 0.1) is 12.5 Å². The van der Waals surface area contributed by atoms with Gasteiger partial charge in [0.1, 0.15) is 0 Å². The zero-order valence-electron chi connectivity index (χ0n) is 13.1. The molecule has 1 aromatic heterocycles. The topological polar surface area (TPSA) is 34.0 Å². The lowest BCUT2D eigenvalue weighted by Crippen LogP contribution is -2.30. The lowest BCUT2D eigenvalue weighted by molar-refractivity contribution is 0.252. The average molecular weight is 302 g/mol. The third kappa shape index (κ3) is 2.85. The molecule has 21 heavy (non-hydrogen) atoms. The summed E-state index contributed by atoms with van der Waals surface area (Å²) >= 11 is 1.76. The quantitative estimate of drug-likeness (QED) is 0.849. The Bertz CT molecular complexity index is 625. The van der Waals surface area contributed by atoms with E-state index in [9.17, 15) is 0 Å². The molecule has 2 heterocycles. The monoisotopic (exact) mass is 302 g/mol. The molecule has 1 aliphatic rings. The van der Waals surface area contributed by atoms with Crippen molar-refractivity contribution in [2.24, 2.45) is 0 Å². The van der Waals surface area contributed by atoms with Gasteiger partial charge in [0.15, 0.2) is 11.0 Å². The minimum atomic E-state index is 0.178. The summed E-state index contributed by atoms with van der Waals surface area (Å²) in [5.41, 5.74) is 2.66. The largest absolute Gasteiger partial charge is 0.288 e. The summed E-state index contributed by atoms with van der Waals surface area (Å²) in [6.45, 7) is 10.8. The van der Waals surface area contributed by atoms with E-state index in [0.29, 0.717) is 0 Å². The Morgan fingerprint density at radius 3 is 2.48 bits per heavy atom. The Hall–Kier alpha value is -1.33. The second-order valence-corrected chi connectivity index (χ2v) is 7.38. The third-order valence-corrected chi connectivity index (χ3v) is 4.95. The van der Waals surface area contributed by atoms with Gasteiger partial charge < -0.3 is 0 Å². The van der Waals surface area contributed by atoms with Gasteiger partial charge in [0, 0.05) is 5.56 Å². The van der Waals surface area contributed by atoms with Crippen LogP contribution in [0.5, 0.6) is 0 Å². The summed E-state index contributed by atoms with van der Waals surface area (Å²) in [4.78, 5) is 2.38. The zero-order valence-corrected chi connectivity index (χ0v) is 13.9. The zero-order chi connectivity index (χ0) is 15.0. The molecular formula is C16H22N4S. The van der Waals surface area contributed by atoms with Crippen molar-refractivity contribution in [3.05, 3.63) is 29.8 Å². The van der Waals surface area contributed by atoms with Crippen molar-refractivity contribution in [1.29, 1.82) is 0 Å². The molecule has 0 unspecified atom stereocenters. The van der Waals surface area contributed by atoms with E-state index in [-0.39, 0.29) is 5.41 Å². The van der Waals surface area contributed by atoms with Crippen LogP contribution in [0, 0.1) is 0 Å². The first-order valence-corrected chi connectivity index (χ1v) is 8.37. The summed E-state index contributed by atoms with van der Waals surface area (Å²) in [5, 5.41) is 9.74. The maximum atomic E-state index is 4.39. The highest BCUT2D eigenvalue weighted by atomic mass is 32.2. The number of hydrogen-bond acceptors (Lipinski definition) is 4. The molecule has 3 rings (SSSR count). The van der Waals surface area contributed by atoms with Crippen LogP contribution in [0.25, 0.3) is 11.4 Å². The lowest BCUT2D eigenvalue weighted by atomic mass is 9.87. The van der Waals surface area contributed by atoms with E-state index >= 15 is 0 Å². The van der Waals surface area contributed by atoms with Crippen molar-refractivity contribution in [3.8, 4) is 11.4 Å². The highest BCUT2D eigenvalue weighted by Crippen LogP contribution is 2.30. The molecule has 0 fully saturated rings. The first-order valence-electron chi connectivity index (χ1n) is 7.38. The van der Waals surface area contributed by atoms with E-state index in [2.05, 4.69) is 71.6 Å². The van der Waals surface area contributed by atoms with Crippen molar-refractivity contribution >= 4 is 11.8 Å². The molecule has 0 radical (unpaired) electrons. The average Bonchev–Trinajstić information content (AvgIpc) is 2.89. The number of nitrogens with zero attached hydrogens (tertiary/aromatic N) is 4. The number of benzene rings is 1. The van der Waals surface area contributed by atoms with Gasteiger partial charge in [0.2, 0.25) is 0 Å². The van der Waals surface area contributed by atoms with E-state index in [1.54, 1.807) is 11.8 Å². The molecule has 1 aliphatic heterocycles. The molecule has 0 aliphatic carbocycles. The van der Waals surface area contributed by atoms with Gasteiger partial charge in [-0.25, -0.2) is 0 Å². The van der Waals surface area contributed by atoms with Crippen molar-refractivity contribution in [2.75, 3.05) is 12.4 Å². The first-order chi connectivity index (χ1) is 9.99. The van der Waals surface area contributed by atoms with Crippen molar-refractivity contribution < 1.29 is 0 Å². The Morgan fingerprint density at radius 1 is 1.14 bits per heavy atom. The lowest BCUT2D eigenvalue weighted by Gasteiger charge is -2.26.